The molecule has 1 N–H and O–H groups in total. The van der Waals surface area contributed by atoms with E-state index in [1.54, 1.807) is 0 Å². The lowest BCUT2D eigenvalue weighted by Crippen LogP contribution is -2.60. The maximum atomic E-state index is 9.46. The van der Waals surface area contributed by atoms with Crippen LogP contribution in [0.5, 0.6) is 0 Å². The molecule has 0 radical (unpaired) electrons. The minimum absolute atomic E-state index is 0.0926. The Bertz CT molecular complexity index is 1780. The van der Waals surface area contributed by atoms with Crippen LogP contribution in [0.2, 0.25) is 0 Å². The molecule has 1 fully saturated rings. The van der Waals surface area contributed by atoms with E-state index < -0.39 is 0 Å². The van der Waals surface area contributed by atoms with Gasteiger partial charge in [0.1, 0.15) is 12.3 Å². The summed E-state index contributed by atoms with van der Waals surface area (Å²) in [6, 6.07) is 17.5. The summed E-state index contributed by atoms with van der Waals surface area (Å²) in [6.45, 7) is 4.60. The van der Waals surface area contributed by atoms with Crippen molar-refractivity contribution in [3.05, 3.63) is 154 Å². The predicted molar refractivity (Wildman–Crippen MR) is 166 cm³/mol. The van der Waals surface area contributed by atoms with Crippen molar-refractivity contribution in [2.24, 2.45) is 11.8 Å². The first-order valence-corrected chi connectivity index (χ1v) is 14.8. The van der Waals surface area contributed by atoms with E-state index in [0.717, 1.165) is 18.4 Å². The van der Waals surface area contributed by atoms with Gasteiger partial charge in [-0.05, 0) is 93.3 Å². The highest BCUT2D eigenvalue weighted by molar-refractivity contribution is 5.91. The summed E-state index contributed by atoms with van der Waals surface area (Å²) >= 11 is 0. The summed E-state index contributed by atoms with van der Waals surface area (Å²) in [6.07, 6.45) is 28.1. The van der Waals surface area contributed by atoms with E-state index in [4.69, 9.17) is 0 Å². The SMILES string of the molecule is CC1(C)C2=CC(C3=CC4CC=C(c5cccc(C6NC7C=CC=CN76)c5)C=C4C=C3)CC=C2c2ccc(C#N)cc21. The Morgan fingerprint density at radius 1 is 0.951 bits per heavy atom. The van der Waals surface area contributed by atoms with Crippen LogP contribution in [0.4, 0.5) is 0 Å². The van der Waals surface area contributed by atoms with E-state index in [9.17, 15) is 5.26 Å². The molecule has 4 aliphatic carbocycles. The van der Waals surface area contributed by atoms with Crippen LogP contribution in [0.25, 0.3) is 11.1 Å². The van der Waals surface area contributed by atoms with E-state index in [1.807, 2.05) is 6.07 Å². The van der Waals surface area contributed by atoms with Crippen LogP contribution in [-0.2, 0) is 5.41 Å². The molecule has 2 aromatic carbocycles. The molecule has 0 bridgehead atoms. The Labute approximate surface area is 242 Å². The number of hydrogen-bond acceptors (Lipinski definition) is 3. The third-order valence-electron chi connectivity index (χ3n) is 9.80. The highest BCUT2D eigenvalue weighted by Gasteiger charge is 2.40. The number of nitrogens with one attached hydrogen (secondary N) is 1. The molecule has 3 nitrogen and oxygen atoms in total. The Balaban J connectivity index is 1.02. The van der Waals surface area contributed by atoms with Crippen molar-refractivity contribution in [1.29, 1.82) is 5.26 Å². The third kappa shape index (κ3) is 3.82. The van der Waals surface area contributed by atoms with Crippen LogP contribution < -0.4 is 5.32 Å². The molecular formula is C38H33N3. The highest BCUT2D eigenvalue weighted by atomic mass is 15.5. The van der Waals surface area contributed by atoms with E-state index in [-0.39, 0.29) is 11.6 Å². The summed E-state index contributed by atoms with van der Waals surface area (Å²) in [4.78, 5) is 2.37. The first-order chi connectivity index (χ1) is 20.0. The Morgan fingerprint density at radius 3 is 2.68 bits per heavy atom. The number of rotatable bonds is 3. The van der Waals surface area contributed by atoms with Crippen molar-refractivity contribution >= 4 is 11.1 Å². The number of benzene rings is 2. The summed E-state index contributed by atoms with van der Waals surface area (Å²) < 4.78 is 0. The van der Waals surface area contributed by atoms with E-state index in [2.05, 4.69) is 133 Å². The lowest BCUT2D eigenvalue weighted by atomic mass is 9.74. The number of fused-ring (bicyclic) bond motifs is 5. The fraction of sp³-hybridized carbons (Fsp3) is 0.237. The molecule has 2 aromatic rings. The Kier molecular flexibility index (Phi) is 5.39. The van der Waals surface area contributed by atoms with Crippen LogP contribution in [0.1, 0.15) is 60.7 Å². The van der Waals surface area contributed by atoms with E-state index >= 15 is 0 Å². The Morgan fingerprint density at radius 2 is 1.80 bits per heavy atom. The molecule has 4 atom stereocenters. The zero-order valence-electron chi connectivity index (χ0n) is 23.5. The summed E-state index contributed by atoms with van der Waals surface area (Å²) in [7, 11) is 0. The van der Waals surface area contributed by atoms with Gasteiger partial charge in [0.15, 0.2) is 0 Å². The molecule has 0 aromatic heterocycles. The van der Waals surface area contributed by atoms with Gasteiger partial charge in [0.25, 0.3) is 0 Å². The van der Waals surface area contributed by atoms with Crippen LogP contribution in [0.3, 0.4) is 0 Å². The molecule has 41 heavy (non-hydrogen) atoms. The molecule has 8 rings (SSSR count). The fourth-order valence-electron chi connectivity index (χ4n) is 7.48. The highest BCUT2D eigenvalue weighted by Crippen LogP contribution is 2.53. The van der Waals surface area contributed by atoms with Crippen molar-refractivity contribution < 1.29 is 0 Å². The molecule has 0 spiro atoms. The van der Waals surface area contributed by atoms with Gasteiger partial charge in [-0.3, -0.25) is 5.32 Å². The summed E-state index contributed by atoms with van der Waals surface area (Å²) in [5.74, 6) is 0.812. The van der Waals surface area contributed by atoms with E-state index in [1.165, 1.54) is 50.1 Å². The summed E-state index contributed by atoms with van der Waals surface area (Å²) in [5.41, 5.74) is 12.7. The molecular weight excluding hydrogens is 498 g/mol. The third-order valence-corrected chi connectivity index (χ3v) is 9.80. The van der Waals surface area contributed by atoms with Gasteiger partial charge >= 0.3 is 0 Å². The zero-order valence-corrected chi connectivity index (χ0v) is 23.5. The molecule has 1 saturated heterocycles. The average Bonchev–Trinajstić information content (AvgIpc) is 3.22. The van der Waals surface area contributed by atoms with Crippen molar-refractivity contribution in [2.45, 2.75) is 44.4 Å². The minimum Gasteiger partial charge on any atom is -0.339 e. The first-order valence-electron chi connectivity index (χ1n) is 14.8. The maximum Gasteiger partial charge on any atom is 0.109 e. The lowest BCUT2D eigenvalue weighted by Gasteiger charge is -2.49. The van der Waals surface area contributed by atoms with Gasteiger partial charge in [0.05, 0.1) is 11.6 Å². The second-order valence-electron chi connectivity index (χ2n) is 12.5. The monoisotopic (exact) mass is 531 g/mol. The largest absolute Gasteiger partial charge is 0.339 e. The van der Waals surface area contributed by atoms with Crippen molar-refractivity contribution in [3.63, 3.8) is 0 Å². The van der Waals surface area contributed by atoms with Gasteiger partial charge in [-0.2, -0.15) is 5.26 Å². The Hall–Kier alpha value is -4.39. The second-order valence-corrected chi connectivity index (χ2v) is 12.5. The van der Waals surface area contributed by atoms with Gasteiger partial charge in [-0.25, -0.2) is 0 Å². The van der Waals surface area contributed by atoms with Gasteiger partial charge in [-0.15, -0.1) is 0 Å². The minimum atomic E-state index is -0.0926. The smallest absolute Gasteiger partial charge is 0.109 e. The zero-order chi connectivity index (χ0) is 27.7. The quantitative estimate of drug-likeness (QED) is 0.436. The topological polar surface area (TPSA) is 39.1 Å². The van der Waals surface area contributed by atoms with Crippen molar-refractivity contribution in [3.8, 4) is 6.07 Å². The normalized spacial score (nSPS) is 28.0. The van der Waals surface area contributed by atoms with Gasteiger partial charge < -0.3 is 4.90 Å². The standard InChI is InChI=1S/C38H33N3/c1-38(2)34-18-24(23-39)9-15-32(34)33-16-14-30(22-35(33)38)29-13-12-27-19-26(10-11-28(27)20-29)25-6-5-7-31(21-25)37-40-36-8-3-4-17-41(36)37/h3-10,12-13,15-22,28,30,36-37,40H,11,14H2,1-2H3. The average molecular weight is 532 g/mol. The predicted octanol–water partition coefficient (Wildman–Crippen LogP) is 8.02. The number of nitriles is 1. The molecule has 2 heterocycles. The van der Waals surface area contributed by atoms with Crippen LogP contribution >= 0.6 is 0 Å². The maximum absolute atomic E-state index is 9.46. The van der Waals surface area contributed by atoms with Gasteiger partial charge in [-0.1, -0.05) is 86.7 Å². The molecule has 4 unspecified atom stereocenters. The lowest BCUT2D eigenvalue weighted by molar-refractivity contribution is 0.0488. The van der Waals surface area contributed by atoms with E-state index in [0.29, 0.717) is 18.0 Å². The van der Waals surface area contributed by atoms with Crippen molar-refractivity contribution in [1.82, 2.24) is 10.2 Å². The molecule has 200 valence electrons. The summed E-state index contributed by atoms with van der Waals surface area (Å²) in [5, 5.41) is 13.1. The van der Waals surface area contributed by atoms with Crippen LogP contribution in [-0.4, -0.2) is 11.1 Å². The number of hydrogen-bond donors (Lipinski definition) is 1. The molecule has 3 heteroatoms. The number of nitrogens with zero attached hydrogens (tertiary/aromatic N) is 2. The number of allylic oxidation sites excluding steroid dienone is 14. The van der Waals surface area contributed by atoms with Crippen LogP contribution in [0.15, 0.2) is 126 Å². The van der Waals surface area contributed by atoms with Crippen molar-refractivity contribution in [2.75, 3.05) is 0 Å². The van der Waals surface area contributed by atoms with Gasteiger partial charge in [0.2, 0.25) is 0 Å². The van der Waals surface area contributed by atoms with Crippen LogP contribution in [0, 0.1) is 23.2 Å². The molecule has 2 aliphatic heterocycles. The fourth-order valence-corrected chi connectivity index (χ4v) is 7.48. The second kappa shape index (κ2) is 9.06. The molecule has 6 aliphatic rings. The molecule has 0 saturated carbocycles. The molecule has 0 amide bonds. The van der Waals surface area contributed by atoms with Gasteiger partial charge in [0, 0.05) is 23.5 Å². The first kappa shape index (κ1) is 24.4.